The van der Waals surface area contributed by atoms with E-state index < -0.39 is 0 Å². The van der Waals surface area contributed by atoms with Crippen LogP contribution in [0.25, 0.3) is 0 Å². The maximum Gasteiger partial charge on any atom is 0.131 e. The van der Waals surface area contributed by atoms with Gasteiger partial charge in [0.1, 0.15) is 6.29 Å². The van der Waals surface area contributed by atoms with Crippen molar-refractivity contribution in [2.24, 2.45) is 0 Å². The zero-order chi connectivity index (χ0) is 11.8. The van der Waals surface area contributed by atoms with Gasteiger partial charge in [0.05, 0.1) is 5.92 Å². The van der Waals surface area contributed by atoms with Crippen LogP contribution in [-0.2, 0) is 4.79 Å². The van der Waals surface area contributed by atoms with Crippen molar-refractivity contribution in [3.63, 3.8) is 0 Å². The van der Waals surface area contributed by atoms with Gasteiger partial charge in [0.25, 0.3) is 0 Å². The average Bonchev–Trinajstić information content (AvgIpc) is 2.35. The molecular formula is C15H18O. The van der Waals surface area contributed by atoms with Crippen LogP contribution < -0.4 is 0 Å². The zero-order valence-electron chi connectivity index (χ0n) is 9.89. The van der Waals surface area contributed by atoms with Gasteiger partial charge in [-0.2, -0.15) is 0 Å². The second-order valence-corrected chi connectivity index (χ2v) is 3.62. The minimum atomic E-state index is -0.144. The minimum absolute atomic E-state index is 0.144. The number of hydrogen-bond acceptors (Lipinski definition) is 1. The van der Waals surface area contributed by atoms with Gasteiger partial charge < -0.3 is 4.79 Å². The van der Waals surface area contributed by atoms with Crippen molar-refractivity contribution < 1.29 is 4.79 Å². The first-order chi connectivity index (χ1) is 7.83. The highest BCUT2D eigenvalue weighted by molar-refractivity contribution is 5.69. The molecule has 0 aliphatic carbocycles. The molecule has 16 heavy (non-hydrogen) atoms. The maximum atomic E-state index is 11.2. The Labute approximate surface area is 97.5 Å². The Hall–Kier alpha value is -1.63. The molecule has 1 aromatic rings. The first-order valence-electron chi connectivity index (χ1n) is 5.66. The Morgan fingerprint density at radius 2 is 2.00 bits per heavy atom. The topological polar surface area (TPSA) is 17.1 Å². The number of carbonyl (C=O) groups excluding carboxylic acids is 1. The molecule has 84 valence electrons. The first kappa shape index (κ1) is 12.4. The van der Waals surface area contributed by atoms with Crippen LogP contribution >= 0.6 is 0 Å². The van der Waals surface area contributed by atoms with E-state index in [-0.39, 0.29) is 5.92 Å². The lowest BCUT2D eigenvalue weighted by Gasteiger charge is -2.11. The minimum Gasteiger partial charge on any atom is -0.302 e. The number of rotatable bonds is 5. The Kier molecular flexibility index (Phi) is 5.27. The lowest BCUT2D eigenvalue weighted by Crippen LogP contribution is -2.02. The lowest BCUT2D eigenvalue weighted by molar-refractivity contribution is -0.108. The van der Waals surface area contributed by atoms with Gasteiger partial charge in [0.2, 0.25) is 0 Å². The van der Waals surface area contributed by atoms with Crippen molar-refractivity contribution >= 4 is 6.29 Å². The summed E-state index contributed by atoms with van der Waals surface area (Å²) in [5, 5.41) is 0. The predicted molar refractivity (Wildman–Crippen MR) is 68.4 cm³/mol. The van der Waals surface area contributed by atoms with Crippen LogP contribution in [-0.4, -0.2) is 6.29 Å². The molecule has 1 unspecified atom stereocenters. The van der Waals surface area contributed by atoms with Crippen molar-refractivity contribution in [1.82, 2.24) is 0 Å². The molecular weight excluding hydrogens is 196 g/mol. The molecule has 0 saturated heterocycles. The monoisotopic (exact) mass is 214 g/mol. The zero-order valence-corrected chi connectivity index (χ0v) is 9.89. The standard InChI is InChI=1S/C15H18O/c1-3-5-9-13(4-2)15(12-16)14-10-7-6-8-11-14/h4-12,15H,3H2,1-2H3/b9-5-,13-4+. The van der Waals surface area contributed by atoms with E-state index in [0.29, 0.717) is 0 Å². The van der Waals surface area contributed by atoms with E-state index in [1.54, 1.807) is 0 Å². The largest absolute Gasteiger partial charge is 0.302 e. The van der Waals surface area contributed by atoms with Crippen LogP contribution in [0, 0.1) is 0 Å². The van der Waals surface area contributed by atoms with E-state index in [2.05, 4.69) is 13.0 Å². The second kappa shape index (κ2) is 6.78. The second-order valence-electron chi connectivity index (χ2n) is 3.62. The highest BCUT2D eigenvalue weighted by Crippen LogP contribution is 2.23. The van der Waals surface area contributed by atoms with Crippen molar-refractivity contribution in [1.29, 1.82) is 0 Å². The third kappa shape index (κ3) is 3.20. The molecule has 1 atom stereocenters. The Balaban J connectivity index is 2.98. The van der Waals surface area contributed by atoms with Crippen molar-refractivity contribution in [2.45, 2.75) is 26.2 Å². The molecule has 0 amide bonds. The molecule has 0 aliphatic rings. The van der Waals surface area contributed by atoms with E-state index >= 15 is 0 Å². The number of benzene rings is 1. The molecule has 0 spiro atoms. The number of aldehydes is 1. The summed E-state index contributed by atoms with van der Waals surface area (Å²) in [5.74, 6) is -0.144. The summed E-state index contributed by atoms with van der Waals surface area (Å²) >= 11 is 0. The van der Waals surface area contributed by atoms with Crippen LogP contribution in [0.4, 0.5) is 0 Å². The molecule has 1 heteroatoms. The number of allylic oxidation sites excluding steroid dienone is 4. The Morgan fingerprint density at radius 1 is 1.31 bits per heavy atom. The Bertz CT molecular complexity index is 374. The predicted octanol–water partition coefficient (Wildman–Crippen LogP) is 3.88. The molecule has 0 radical (unpaired) electrons. The van der Waals surface area contributed by atoms with E-state index in [0.717, 1.165) is 23.8 Å². The fraction of sp³-hybridized carbons (Fsp3) is 0.267. The van der Waals surface area contributed by atoms with Crippen LogP contribution in [0.3, 0.4) is 0 Å². The fourth-order valence-electron chi connectivity index (χ4n) is 1.64. The number of hydrogen-bond donors (Lipinski definition) is 0. The summed E-state index contributed by atoms with van der Waals surface area (Å²) < 4.78 is 0. The molecule has 0 aliphatic heterocycles. The maximum absolute atomic E-state index is 11.2. The van der Waals surface area contributed by atoms with Gasteiger partial charge in [-0.15, -0.1) is 0 Å². The summed E-state index contributed by atoms with van der Waals surface area (Å²) in [5.41, 5.74) is 2.11. The van der Waals surface area contributed by atoms with Crippen molar-refractivity contribution in [3.8, 4) is 0 Å². The van der Waals surface area contributed by atoms with Crippen LogP contribution in [0.1, 0.15) is 31.7 Å². The van der Waals surface area contributed by atoms with Crippen molar-refractivity contribution in [2.75, 3.05) is 0 Å². The number of carbonyl (C=O) groups is 1. The molecule has 1 rings (SSSR count). The SMILES string of the molecule is C/C=C(\C=C/CC)C(C=O)c1ccccc1. The normalized spacial score (nSPS) is 14.0. The first-order valence-corrected chi connectivity index (χ1v) is 5.66. The summed E-state index contributed by atoms with van der Waals surface area (Å²) in [6, 6.07) is 9.86. The van der Waals surface area contributed by atoms with Gasteiger partial charge in [0.15, 0.2) is 0 Å². The smallest absolute Gasteiger partial charge is 0.131 e. The Morgan fingerprint density at radius 3 is 2.50 bits per heavy atom. The average molecular weight is 214 g/mol. The van der Waals surface area contributed by atoms with E-state index in [1.807, 2.05) is 49.4 Å². The summed E-state index contributed by atoms with van der Waals surface area (Å²) in [6.45, 7) is 4.05. The third-order valence-electron chi connectivity index (χ3n) is 2.53. The summed E-state index contributed by atoms with van der Waals surface area (Å²) in [6.07, 6.45) is 8.10. The van der Waals surface area contributed by atoms with E-state index in [4.69, 9.17) is 0 Å². The molecule has 0 heterocycles. The van der Waals surface area contributed by atoms with Crippen LogP contribution in [0.5, 0.6) is 0 Å². The van der Waals surface area contributed by atoms with Crippen LogP contribution in [0.2, 0.25) is 0 Å². The van der Waals surface area contributed by atoms with Gasteiger partial charge in [-0.1, -0.05) is 55.5 Å². The lowest BCUT2D eigenvalue weighted by atomic mass is 9.92. The van der Waals surface area contributed by atoms with Crippen molar-refractivity contribution in [3.05, 3.63) is 59.7 Å². The fourth-order valence-corrected chi connectivity index (χ4v) is 1.64. The molecule has 0 bridgehead atoms. The molecule has 0 N–H and O–H groups in total. The highest BCUT2D eigenvalue weighted by atomic mass is 16.1. The van der Waals surface area contributed by atoms with Gasteiger partial charge in [-0.05, 0) is 24.5 Å². The van der Waals surface area contributed by atoms with Gasteiger partial charge >= 0.3 is 0 Å². The molecule has 0 aromatic heterocycles. The van der Waals surface area contributed by atoms with Crippen LogP contribution in [0.15, 0.2) is 54.1 Å². The molecule has 0 fully saturated rings. The van der Waals surface area contributed by atoms with Gasteiger partial charge in [-0.3, -0.25) is 0 Å². The molecule has 0 saturated carbocycles. The van der Waals surface area contributed by atoms with E-state index in [9.17, 15) is 4.79 Å². The van der Waals surface area contributed by atoms with Gasteiger partial charge in [0, 0.05) is 0 Å². The molecule has 1 nitrogen and oxygen atoms in total. The highest BCUT2D eigenvalue weighted by Gasteiger charge is 2.12. The molecule has 1 aromatic carbocycles. The third-order valence-corrected chi connectivity index (χ3v) is 2.53. The summed E-state index contributed by atoms with van der Waals surface area (Å²) in [4.78, 5) is 11.2. The van der Waals surface area contributed by atoms with Gasteiger partial charge in [-0.25, -0.2) is 0 Å². The quantitative estimate of drug-likeness (QED) is 0.537. The van der Waals surface area contributed by atoms with E-state index in [1.165, 1.54) is 0 Å². The summed E-state index contributed by atoms with van der Waals surface area (Å²) in [7, 11) is 0.